The summed E-state index contributed by atoms with van der Waals surface area (Å²) in [5.41, 5.74) is -6.80. The number of likely N-dealkylation sites (tertiary alicyclic amines) is 1. The summed E-state index contributed by atoms with van der Waals surface area (Å²) in [5, 5.41) is 6.37. The van der Waals surface area contributed by atoms with E-state index in [1.165, 1.54) is 26.1 Å². The minimum Gasteiger partial charge on any atom is -0.444 e. The highest BCUT2D eigenvalue weighted by Crippen LogP contribution is 2.44. The van der Waals surface area contributed by atoms with Gasteiger partial charge in [-0.3, -0.25) is 14.2 Å². The Labute approximate surface area is 235 Å². The lowest BCUT2D eigenvalue weighted by molar-refractivity contribution is -0.210. The van der Waals surface area contributed by atoms with Gasteiger partial charge >= 0.3 is 12.3 Å². The zero-order valence-electron chi connectivity index (χ0n) is 23.4. The second kappa shape index (κ2) is 10.7. The Balaban J connectivity index is 1.85. The van der Waals surface area contributed by atoms with Crippen molar-refractivity contribution in [3.05, 3.63) is 68.1 Å². The predicted octanol–water partition coefficient (Wildman–Crippen LogP) is 5.24. The minimum atomic E-state index is -5.02. The number of hydrogen-bond acceptors (Lipinski definition) is 6. The number of rotatable bonds is 5. The van der Waals surface area contributed by atoms with Gasteiger partial charge in [-0.25, -0.2) is 22.6 Å². The van der Waals surface area contributed by atoms with Crippen LogP contribution < -0.4 is 16.4 Å². The molecule has 0 aliphatic carbocycles. The van der Waals surface area contributed by atoms with Gasteiger partial charge in [0.15, 0.2) is 11.4 Å². The van der Waals surface area contributed by atoms with E-state index in [4.69, 9.17) is 4.74 Å². The predicted molar refractivity (Wildman–Crippen MR) is 141 cm³/mol. The first kappa shape index (κ1) is 30.9. The molecule has 1 aromatic carbocycles. The minimum absolute atomic E-state index is 0.180. The standard InChI is InChI=1S/C27H29F6N5O4/c1-14(15-7-6-8-16(20(15)28)21(29)30)34-22-18-12-38(19(39)11-17(18)23(40)36(5)35-22)26(27(31,32)33)9-10-37(13-26)24(41)42-25(2,3)4/h6-8,11-12,14,21H,9-10,13H2,1-5H3,(H,34,35)/t14-,26?/m1/s1. The maximum absolute atomic E-state index is 14.8. The molecule has 0 radical (unpaired) electrons. The maximum Gasteiger partial charge on any atom is 0.413 e. The van der Waals surface area contributed by atoms with E-state index in [2.05, 4.69) is 10.4 Å². The lowest BCUT2D eigenvalue weighted by Gasteiger charge is -2.34. The average Bonchev–Trinajstić information content (AvgIpc) is 3.33. The summed E-state index contributed by atoms with van der Waals surface area (Å²) in [6.07, 6.45) is -8.94. The molecule has 228 valence electrons. The number of halogens is 6. The number of nitrogens with one attached hydrogen (secondary N) is 1. The van der Waals surface area contributed by atoms with Crippen molar-refractivity contribution in [1.29, 1.82) is 0 Å². The number of aromatic nitrogens is 3. The molecule has 1 fully saturated rings. The normalized spacial score (nSPS) is 18.5. The molecule has 1 amide bonds. The topological polar surface area (TPSA) is 98.5 Å². The molecule has 0 bridgehead atoms. The zero-order valence-corrected chi connectivity index (χ0v) is 23.4. The smallest absolute Gasteiger partial charge is 0.413 e. The summed E-state index contributed by atoms with van der Waals surface area (Å²) >= 11 is 0. The van der Waals surface area contributed by atoms with E-state index in [1.807, 2.05) is 0 Å². The number of amides is 1. The van der Waals surface area contributed by atoms with Gasteiger partial charge < -0.3 is 15.0 Å². The maximum atomic E-state index is 14.8. The molecule has 1 aliphatic heterocycles. The molecule has 3 heterocycles. The van der Waals surface area contributed by atoms with Gasteiger partial charge in [0.2, 0.25) is 0 Å². The van der Waals surface area contributed by atoms with Gasteiger partial charge in [0.25, 0.3) is 17.5 Å². The van der Waals surface area contributed by atoms with Crippen molar-refractivity contribution >= 4 is 22.7 Å². The molecule has 1 N–H and O–H groups in total. The van der Waals surface area contributed by atoms with Crippen molar-refractivity contribution in [3.8, 4) is 0 Å². The largest absolute Gasteiger partial charge is 0.444 e. The van der Waals surface area contributed by atoms with Crippen molar-refractivity contribution in [2.24, 2.45) is 7.05 Å². The number of ether oxygens (including phenoxy) is 1. The lowest BCUT2D eigenvalue weighted by atomic mass is 9.96. The van der Waals surface area contributed by atoms with Crippen LogP contribution in [-0.4, -0.2) is 50.2 Å². The lowest BCUT2D eigenvalue weighted by Crippen LogP contribution is -2.54. The second-order valence-electron chi connectivity index (χ2n) is 11.2. The molecular formula is C27H29F6N5O4. The molecule has 2 aromatic heterocycles. The van der Waals surface area contributed by atoms with E-state index in [9.17, 15) is 40.7 Å². The SMILES string of the molecule is C[C@@H](Nc1nn(C)c(=O)c2cc(=O)n(C3(C(F)(F)F)CCN(C(=O)OC(C)(C)C)C3)cc12)c1cccc(C(F)F)c1F. The van der Waals surface area contributed by atoms with Crippen LogP contribution in [0.2, 0.25) is 0 Å². The summed E-state index contributed by atoms with van der Waals surface area (Å²) in [7, 11) is 1.24. The van der Waals surface area contributed by atoms with E-state index in [-0.39, 0.29) is 28.7 Å². The van der Waals surface area contributed by atoms with Crippen LogP contribution >= 0.6 is 0 Å². The van der Waals surface area contributed by atoms with Crippen molar-refractivity contribution < 1.29 is 35.9 Å². The quantitative estimate of drug-likeness (QED) is 0.402. The number of pyridine rings is 1. The Kier molecular flexibility index (Phi) is 7.84. The number of carbonyl (C=O) groups is 1. The number of anilines is 1. The van der Waals surface area contributed by atoms with Crippen molar-refractivity contribution in [3.63, 3.8) is 0 Å². The fourth-order valence-electron chi connectivity index (χ4n) is 4.96. The molecule has 0 saturated carbocycles. The second-order valence-corrected chi connectivity index (χ2v) is 11.2. The van der Waals surface area contributed by atoms with Gasteiger partial charge in [-0.1, -0.05) is 18.2 Å². The van der Waals surface area contributed by atoms with E-state index in [0.29, 0.717) is 4.57 Å². The Hall–Kier alpha value is -4.04. The number of nitrogens with zero attached hydrogens (tertiary/aromatic N) is 4. The first-order valence-electron chi connectivity index (χ1n) is 12.9. The first-order valence-corrected chi connectivity index (χ1v) is 12.9. The third kappa shape index (κ3) is 5.55. The first-order chi connectivity index (χ1) is 19.4. The number of fused-ring (bicyclic) bond motifs is 1. The molecule has 3 aromatic rings. The molecular weight excluding hydrogens is 572 g/mol. The molecule has 1 aliphatic rings. The number of benzene rings is 1. The Morgan fingerprint density at radius 1 is 1.12 bits per heavy atom. The highest BCUT2D eigenvalue weighted by Gasteiger charge is 2.61. The van der Waals surface area contributed by atoms with Crippen molar-refractivity contribution in [2.45, 2.75) is 63.9 Å². The third-order valence-corrected chi connectivity index (χ3v) is 7.08. The molecule has 4 rings (SSSR count). The Morgan fingerprint density at radius 3 is 2.36 bits per heavy atom. The van der Waals surface area contributed by atoms with Crippen LogP contribution in [0, 0.1) is 5.82 Å². The van der Waals surface area contributed by atoms with Gasteiger partial charge in [0, 0.05) is 36.8 Å². The molecule has 2 atom stereocenters. The monoisotopic (exact) mass is 601 g/mol. The summed E-state index contributed by atoms with van der Waals surface area (Å²) < 4.78 is 92.1. The molecule has 9 nitrogen and oxygen atoms in total. The zero-order chi connectivity index (χ0) is 31.4. The van der Waals surface area contributed by atoms with Gasteiger partial charge in [-0.15, -0.1) is 0 Å². The van der Waals surface area contributed by atoms with Gasteiger partial charge in [0.1, 0.15) is 11.4 Å². The third-order valence-electron chi connectivity index (χ3n) is 7.08. The van der Waals surface area contributed by atoms with Crippen LogP contribution in [0.3, 0.4) is 0 Å². The number of carbonyl (C=O) groups excluding carboxylic acids is 1. The van der Waals surface area contributed by atoms with Crippen LogP contribution in [0.1, 0.15) is 57.7 Å². The Bertz CT molecular complexity index is 1650. The van der Waals surface area contributed by atoms with E-state index >= 15 is 0 Å². The summed E-state index contributed by atoms with van der Waals surface area (Å²) in [4.78, 5) is 39.5. The van der Waals surface area contributed by atoms with E-state index in [1.54, 1.807) is 20.8 Å². The van der Waals surface area contributed by atoms with E-state index in [0.717, 1.165) is 27.9 Å². The van der Waals surface area contributed by atoms with Crippen LogP contribution in [0.15, 0.2) is 40.1 Å². The highest BCUT2D eigenvalue weighted by atomic mass is 19.4. The average molecular weight is 602 g/mol. The molecule has 1 unspecified atom stereocenters. The van der Waals surface area contributed by atoms with Crippen LogP contribution in [0.4, 0.5) is 37.0 Å². The summed E-state index contributed by atoms with van der Waals surface area (Å²) in [6.45, 7) is 4.80. The molecule has 42 heavy (non-hydrogen) atoms. The van der Waals surface area contributed by atoms with Gasteiger partial charge in [0.05, 0.1) is 23.5 Å². The van der Waals surface area contributed by atoms with Crippen molar-refractivity contribution in [2.75, 3.05) is 18.4 Å². The molecule has 1 saturated heterocycles. The van der Waals surface area contributed by atoms with Crippen LogP contribution in [0.25, 0.3) is 10.8 Å². The number of hydrogen-bond donors (Lipinski definition) is 1. The Morgan fingerprint density at radius 2 is 1.76 bits per heavy atom. The fraction of sp³-hybridized carbons (Fsp3) is 0.481. The van der Waals surface area contributed by atoms with Crippen LogP contribution in [0.5, 0.6) is 0 Å². The van der Waals surface area contributed by atoms with Gasteiger partial charge in [-0.05, 0) is 34.1 Å². The number of aryl methyl sites for hydroxylation is 1. The van der Waals surface area contributed by atoms with Gasteiger partial charge in [-0.2, -0.15) is 18.3 Å². The van der Waals surface area contributed by atoms with Crippen molar-refractivity contribution in [1.82, 2.24) is 19.2 Å². The summed E-state index contributed by atoms with van der Waals surface area (Å²) in [6, 6.07) is 3.11. The highest BCUT2D eigenvalue weighted by molar-refractivity contribution is 5.90. The summed E-state index contributed by atoms with van der Waals surface area (Å²) in [5.74, 6) is -1.38. The van der Waals surface area contributed by atoms with Crippen LogP contribution in [-0.2, 0) is 17.3 Å². The number of alkyl halides is 5. The van der Waals surface area contributed by atoms with E-state index < -0.39 is 71.3 Å². The molecule has 0 spiro atoms. The molecule has 15 heteroatoms. The fourth-order valence-corrected chi connectivity index (χ4v) is 4.96.